The van der Waals surface area contributed by atoms with Gasteiger partial charge >= 0.3 is 0 Å². The molecule has 0 spiro atoms. The van der Waals surface area contributed by atoms with Crippen LogP contribution in [0.4, 0.5) is 0 Å². The molecule has 2 aliphatic rings. The van der Waals surface area contributed by atoms with Crippen LogP contribution >= 0.6 is 0 Å². The van der Waals surface area contributed by atoms with Gasteiger partial charge in [0.2, 0.25) is 0 Å². The van der Waals surface area contributed by atoms with Crippen LogP contribution < -0.4 is 0 Å². The molecule has 0 unspecified atom stereocenters. The second-order valence-electron chi connectivity index (χ2n) is 3.70. The maximum absolute atomic E-state index is 9.65. The van der Waals surface area contributed by atoms with Crippen molar-refractivity contribution < 1.29 is 5.11 Å². The van der Waals surface area contributed by atoms with Gasteiger partial charge in [0.15, 0.2) is 0 Å². The summed E-state index contributed by atoms with van der Waals surface area (Å²) in [5.41, 5.74) is 1.19. The van der Waals surface area contributed by atoms with Crippen molar-refractivity contribution >= 4 is 0 Å². The summed E-state index contributed by atoms with van der Waals surface area (Å²) in [5.74, 6) is 0. The molecular weight excluding hydrogens is 138 g/mol. The molecule has 0 bridgehead atoms. The van der Waals surface area contributed by atoms with Gasteiger partial charge in [-0.1, -0.05) is 12.2 Å². The average Bonchev–Trinajstić information content (AvgIpc) is 2.34. The van der Waals surface area contributed by atoms with E-state index in [4.69, 9.17) is 0 Å². The van der Waals surface area contributed by atoms with Crippen LogP contribution in [0.1, 0.15) is 19.3 Å². The van der Waals surface area contributed by atoms with Gasteiger partial charge in [-0.05, 0) is 25.8 Å². The maximum atomic E-state index is 9.65. The Morgan fingerprint density at radius 2 is 2.36 bits per heavy atom. The topological polar surface area (TPSA) is 23.5 Å². The zero-order valence-electron chi connectivity index (χ0n) is 6.79. The molecule has 0 amide bonds. The first-order valence-corrected chi connectivity index (χ1v) is 4.36. The minimum atomic E-state index is -0.140. The lowest BCUT2D eigenvalue weighted by Gasteiger charge is -2.34. The monoisotopic (exact) mass is 153 g/mol. The van der Waals surface area contributed by atoms with E-state index in [1.54, 1.807) is 0 Å². The fraction of sp³-hybridized carbons (Fsp3) is 0.778. The number of hydrogen-bond acceptors (Lipinski definition) is 2. The molecule has 2 fully saturated rings. The van der Waals surface area contributed by atoms with Crippen molar-refractivity contribution in [2.75, 3.05) is 13.1 Å². The lowest BCUT2D eigenvalue weighted by atomic mass is 9.96. The van der Waals surface area contributed by atoms with Crippen molar-refractivity contribution in [3.8, 4) is 0 Å². The second-order valence-corrected chi connectivity index (χ2v) is 3.70. The van der Waals surface area contributed by atoms with E-state index in [0.29, 0.717) is 6.04 Å². The molecule has 2 nitrogen and oxygen atoms in total. The molecule has 2 atom stereocenters. The summed E-state index contributed by atoms with van der Waals surface area (Å²) in [4.78, 5) is 2.36. The third kappa shape index (κ3) is 1.21. The molecule has 0 radical (unpaired) electrons. The first-order valence-electron chi connectivity index (χ1n) is 4.36. The van der Waals surface area contributed by atoms with Crippen LogP contribution in [-0.4, -0.2) is 35.2 Å². The van der Waals surface area contributed by atoms with Crippen molar-refractivity contribution in [2.24, 2.45) is 0 Å². The highest BCUT2D eigenvalue weighted by molar-refractivity contribution is 5.08. The highest BCUT2D eigenvalue weighted by Crippen LogP contribution is 2.28. The van der Waals surface area contributed by atoms with Crippen LogP contribution in [0.15, 0.2) is 12.2 Å². The number of piperidine rings is 1. The van der Waals surface area contributed by atoms with E-state index in [0.717, 1.165) is 19.5 Å². The van der Waals surface area contributed by atoms with Crippen LogP contribution in [0.5, 0.6) is 0 Å². The summed E-state index contributed by atoms with van der Waals surface area (Å²) in [6.45, 7) is 6.09. The molecule has 2 heteroatoms. The molecule has 62 valence electrons. The van der Waals surface area contributed by atoms with E-state index in [-0.39, 0.29) is 6.10 Å². The normalized spacial score (nSPS) is 39.2. The lowest BCUT2D eigenvalue weighted by molar-refractivity contribution is 0.0564. The summed E-state index contributed by atoms with van der Waals surface area (Å²) >= 11 is 0. The van der Waals surface area contributed by atoms with Crippen molar-refractivity contribution in [3.05, 3.63) is 12.2 Å². The Morgan fingerprint density at radius 3 is 3.18 bits per heavy atom. The summed E-state index contributed by atoms with van der Waals surface area (Å²) in [5, 5.41) is 9.65. The highest BCUT2D eigenvalue weighted by Gasteiger charge is 2.34. The Bertz CT molecular complexity index is 178. The molecule has 0 aromatic rings. The molecule has 2 heterocycles. The second kappa shape index (κ2) is 2.61. The van der Waals surface area contributed by atoms with Gasteiger partial charge in [0.25, 0.3) is 0 Å². The Labute approximate surface area is 67.5 Å². The van der Waals surface area contributed by atoms with Crippen molar-refractivity contribution in [3.63, 3.8) is 0 Å². The third-order valence-corrected chi connectivity index (χ3v) is 2.78. The Kier molecular flexibility index (Phi) is 1.74. The van der Waals surface area contributed by atoms with Crippen molar-refractivity contribution in [1.82, 2.24) is 4.90 Å². The minimum Gasteiger partial charge on any atom is -0.391 e. The number of nitrogens with zero attached hydrogens (tertiary/aromatic N) is 1. The molecule has 0 saturated carbocycles. The fourth-order valence-electron chi connectivity index (χ4n) is 2.27. The first kappa shape index (κ1) is 7.32. The predicted molar refractivity (Wildman–Crippen MR) is 44.4 cm³/mol. The quantitative estimate of drug-likeness (QED) is 0.520. The van der Waals surface area contributed by atoms with Crippen LogP contribution in [0.3, 0.4) is 0 Å². The van der Waals surface area contributed by atoms with E-state index in [9.17, 15) is 5.11 Å². The molecule has 11 heavy (non-hydrogen) atoms. The van der Waals surface area contributed by atoms with Crippen LogP contribution in [0.2, 0.25) is 0 Å². The molecular formula is C9H15NO. The van der Waals surface area contributed by atoms with Gasteiger partial charge in [0, 0.05) is 12.6 Å². The van der Waals surface area contributed by atoms with E-state index in [2.05, 4.69) is 11.5 Å². The minimum absolute atomic E-state index is 0.140. The van der Waals surface area contributed by atoms with Gasteiger partial charge in [-0.15, -0.1) is 0 Å². The number of rotatable bonds is 0. The summed E-state index contributed by atoms with van der Waals surface area (Å²) in [6.07, 6.45) is 3.10. The number of fused-ring (bicyclic) bond motifs is 1. The Hall–Kier alpha value is -0.340. The standard InChI is InChI=1S/C9H15NO/c1-7-5-9(11)8-3-2-4-10(8)6-7/h8-9,11H,1-6H2/t8-,9-/m0/s1. The summed E-state index contributed by atoms with van der Waals surface area (Å²) in [7, 11) is 0. The number of aliphatic hydroxyl groups excluding tert-OH is 1. The summed E-state index contributed by atoms with van der Waals surface area (Å²) < 4.78 is 0. The van der Waals surface area contributed by atoms with Crippen LogP contribution in [-0.2, 0) is 0 Å². The van der Waals surface area contributed by atoms with E-state index >= 15 is 0 Å². The maximum Gasteiger partial charge on any atom is 0.0732 e. The fourth-order valence-corrected chi connectivity index (χ4v) is 2.27. The molecule has 2 aliphatic heterocycles. The van der Waals surface area contributed by atoms with Crippen LogP contribution in [0.25, 0.3) is 0 Å². The molecule has 2 rings (SSSR count). The highest BCUT2D eigenvalue weighted by atomic mass is 16.3. The van der Waals surface area contributed by atoms with Crippen molar-refractivity contribution in [1.29, 1.82) is 0 Å². The van der Waals surface area contributed by atoms with Gasteiger partial charge < -0.3 is 5.11 Å². The van der Waals surface area contributed by atoms with Gasteiger partial charge in [-0.2, -0.15) is 0 Å². The SMILES string of the molecule is C=C1C[C@H](O)[C@@H]2CCCN2C1. The zero-order chi connectivity index (χ0) is 7.84. The number of aliphatic hydroxyl groups is 1. The molecule has 0 aliphatic carbocycles. The molecule has 0 aromatic heterocycles. The largest absolute Gasteiger partial charge is 0.391 e. The van der Waals surface area contributed by atoms with E-state index in [1.165, 1.54) is 18.4 Å². The molecule has 1 N–H and O–H groups in total. The Morgan fingerprint density at radius 1 is 1.55 bits per heavy atom. The molecule has 0 aromatic carbocycles. The third-order valence-electron chi connectivity index (χ3n) is 2.78. The van der Waals surface area contributed by atoms with Crippen LogP contribution in [0, 0.1) is 0 Å². The lowest BCUT2D eigenvalue weighted by Crippen LogP contribution is -2.44. The van der Waals surface area contributed by atoms with Gasteiger partial charge in [0.05, 0.1) is 6.10 Å². The molecule has 2 saturated heterocycles. The average molecular weight is 153 g/mol. The van der Waals surface area contributed by atoms with Gasteiger partial charge in [-0.25, -0.2) is 0 Å². The predicted octanol–water partition coefficient (Wildman–Crippen LogP) is 0.772. The van der Waals surface area contributed by atoms with Gasteiger partial charge in [0.1, 0.15) is 0 Å². The smallest absolute Gasteiger partial charge is 0.0732 e. The summed E-state index contributed by atoms with van der Waals surface area (Å²) in [6, 6.07) is 0.445. The van der Waals surface area contributed by atoms with Crippen molar-refractivity contribution in [2.45, 2.75) is 31.4 Å². The van der Waals surface area contributed by atoms with E-state index < -0.39 is 0 Å². The Balaban J connectivity index is 2.10. The zero-order valence-corrected chi connectivity index (χ0v) is 6.79. The van der Waals surface area contributed by atoms with Gasteiger partial charge in [-0.3, -0.25) is 4.90 Å². The number of hydrogen-bond donors (Lipinski definition) is 1. The van der Waals surface area contributed by atoms with E-state index in [1.807, 2.05) is 0 Å². The first-order chi connectivity index (χ1) is 5.27.